The second-order valence-electron chi connectivity index (χ2n) is 2.65. The van der Waals surface area contributed by atoms with Crippen molar-refractivity contribution in [3.63, 3.8) is 0 Å². The van der Waals surface area contributed by atoms with E-state index >= 15 is 0 Å². The molecular formula is C8H9N3S. The first-order valence-electron chi connectivity index (χ1n) is 3.77. The van der Waals surface area contributed by atoms with Crippen LogP contribution in [0.25, 0.3) is 11.0 Å². The molecule has 0 spiro atoms. The number of nitrogens with zero attached hydrogens (tertiary/aromatic N) is 3. The fourth-order valence-corrected chi connectivity index (χ4v) is 1.33. The van der Waals surface area contributed by atoms with E-state index < -0.39 is 0 Å². The summed E-state index contributed by atoms with van der Waals surface area (Å²) in [4.78, 5) is 0. The lowest BCUT2D eigenvalue weighted by Crippen LogP contribution is -1.99. The third kappa shape index (κ3) is 1.08. The van der Waals surface area contributed by atoms with E-state index in [1.54, 1.807) is 4.68 Å². The summed E-state index contributed by atoms with van der Waals surface area (Å²) in [7, 11) is 0. The van der Waals surface area contributed by atoms with Crippen molar-refractivity contribution in [2.75, 3.05) is 0 Å². The third-order valence-corrected chi connectivity index (χ3v) is 1.95. The van der Waals surface area contributed by atoms with Crippen LogP contribution in [0.2, 0.25) is 0 Å². The lowest BCUT2D eigenvalue weighted by Gasteiger charge is -2.03. The topological polar surface area (TPSA) is 30.7 Å². The Morgan fingerprint density at radius 3 is 2.92 bits per heavy atom. The molecule has 0 N–H and O–H groups in total. The molecule has 0 saturated heterocycles. The van der Waals surface area contributed by atoms with Gasteiger partial charge < -0.3 is 0 Å². The maximum absolute atomic E-state index is 4.29. The van der Waals surface area contributed by atoms with Gasteiger partial charge in [-0.05, 0) is 19.1 Å². The van der Waals surface area contributed by atoms with Gasteiger partial charge in [0.2, 0.25) is 0 Å². The van der Waals surface area contributed by atoms with Gasteiger partial charge in [-0.2, -0.15) is 12.6 Å². The van der Waals surface area contributed by atoms with Crippen LogP contribution in [-0.2, 0) is 0 Å². The SMILES string of the molecule is CC(S)n1nnc2ccccc21. The molecule has 1 atom stereocenters. The van der Waals surface area contributed by atoms with Crippen molar-refractivity contribution in [2.24, 2.45) is 0 Å². The van der Waals surface area contributed by atoms with Gasteiger partial charge in [0.15, 0.2) is 0 Å². The molecule has 62 valence electrons. The fraction of sp³-hybridized carbons (Fsp3) is 0.250. The number of aromatic nitrogens is 3. The molecule has 0 aliphatic carbocycles. The molecule has 0 fully saturated rings. The number of fused-ring (bicyclic) bond motifs is 1. The van der Waals surface area contributed by atoms with Crippen LogP contribution in [0.4, 0.5) is 0 Å². The van der Waals surface area contributed by atoms with Crippen molar-refractivity contribution in [3.8, 4) is 0 Å². The highest BCUT2D eigenvalue weighted by Gasteiger charge is 2.05. The van der Waals surface area contributed by atoms with E-state index in [9.17, 15) is 0 Å². The van der Waals surface area contributed by atoms with Crippen LogP contribution in [0, 0.1) is 0 Å². The molecule has 2 aromatic rings. The summed E-state index contributed by atoms with van der Waals surface area (Å²) in [5.74, 6) is 0. The van der Waals surface area contributed by atoms with Crippen molar-refractivity contribution >= 4 is 23.7 Å². The van der Waals surface area contributed by atoms with Crippen LogP contribution in [0.1, 0.15) is 12.3 Å². The van der Waals surface area contributed by atoms with Crippen molar-refractivity contribution in [2.45, 2.75) is 12.3 Å². The van der Waals surface area contributed by atoms with Gasteiger partial charge in [0.25, 0.3) is 0 Å². The van der Waals surface area contributed by atoms with Crippen molar-refractivity contribution in [3.05, 3.63) is 24.3 Å². The highest BCUT2D eigenvalue weighted by molar-refractivity contribution is 7.80. The second-order valence-corrected chi connectivity index (χ2v) is 3.40. The van der Waals surface area contributed by atoms with Crippen LogP contribution in [0.3, 0.4) is 0 Å². The molecule has 3 nitrogen and oxygen atoms in total. The maximum atomic E-state index is 4.29. The van der Waals surface area contributed by atoms with E-state index in [4.69, 9.17) is 0 Å². The Labute approximate surface area is 75.8 Å². The molecule has 1 aromatic heterocycles. The molecule has 0 saturated carbocycles. The zero-order chi connectivity index (χ0) is 8.55. The standard InChI is InChI=1S/C8H9N3S/c1-6(12)11-8-5-3-2-4-7(8)9-10-11/h2-6,12H,1H3. The van der Waals surface area contributed by atoms with Crippen LogP contribution < -0.4 is 0 Å². The molecule has 0 aliphatic rings. The summed E-state index contributed by atoms with van der Waals surface area (Å²) < 4.78 is 1.79. The van der Waals surface area contributed by atoms with Crippen LogP contribution in [0.5, 0.6) is 0 Å². The van der Waals surface area contributed by atoms with E-state index in [0.29, 0.717) is 0 Å². The Hall–Kier alpha value is -1.03. The Kier molecular flexibility index (Phi) is 1.77. The quantitative estimate of drug-likeness (QED) is 0.677. The molecule has 0 bridgehead atoms. The number of hydrogen-bond donors (Lipinski definition) is 1. The largest absolute Gasteiger partial charge is 0.232 e. The number of rotatable bonds is 1. The van der Waals surface area contributed by atoms with E-state index in [0.717, 1.165) is 11.0 Å². The first kappa shape index (κ1) is 7.61. The number of benzene rings is 1. The van der Waals surface area contributed by atoms with Gasteiger partial charge in [-0.3, -0.25) is 0 Å². The summed E-state index contributed by atoms with van der Waals surface area (Å²) in [6, 6.07) is 7.85. The van der Waals surface area contributed by atoms with Crippen LogP contribution in [-0.4, -0.2) is 15.0 Å². The average Bonchev–Trinajstić information content (AvgIpc) is 2.47. The molecule has 1 heterocycles. The molecule has 2 rings (SSSR count). The smallest absolute Gasteiger partial charge is 0.113 e. The van der Waals surface area contributed by atoms with E-state index in [1.165, 1.54) is 0 Å². The highest BCUT2D eigenvalue weighted by atomic mass is 32.1. The lowest BCUT2D eigenvalue weighted by atomic mass is 10.3. The zero-order valence-electron chi connectivity index (χ0n) is 6.68. The molecule has 4 heteroatoms. The van der Waals surface area contributed by atoms with E-state index in [1.807, 2.05) is 31.2 Å². The molecular weight excluding hydrogens is 170 g/mol. The molecule has 0 amide bonds. The average molecular weight is 179 g/mol. The molecule has 0 radical (unpaired) electrons. The minimum absolute atomic E-state index is 0.0670. The molecule has 0 aliphatic heterocycles. The van der Waals surface area contributed by atoms with Gasteiger partial charge in [-0.25, -0.2) is 4.68 Å². The third-order valence-electron chi connectivity index (χ3n) is 1.73. The summed E-state index contributed by atoms with van der Waals surface area (Å²) in [6.45, 7) is 1.96. The summed E-state index contributed by atoms with van der Waals surface area (Å²) in [5.41, 5.74) is 1.94. The predicted molar refractivity (Wildman–Crippen MR) is 51.2 cm³/mol. The molecule has 12 heavy (non-hydrogen) atoms. The van der Waals surface area contributed by atoms with Gasteiger partial charge in [-0.1, -0.05) is 17.3 Å². The van der Waals surface area contributed by atoms with Gasteiger partial charge in [0, 0.05) is 0 Å². The molecule has 1 aromatic carbocycles. The normalized spacial score (nSPS) is 13.5. The number of hydrogen-bond acceptors (Lipinski definition) is 3. The minimum Gasteiger partial charge on any atom is -0.232 e. The Bertz CT molecular complexity index is 394. The minimum atomic E-state index is 0.0670. The van der Waals surface area contributed by atoms with E-state index in [2.05, 4.69) is 22.9 Å². The summed E-state index contributed by atoms with van der Waals surface area (Å²) in [6.07, 6.45) is 0. The number of para-hydroxylation sites is 1. The first-order valence-corrected chi connectivity index (χ1v) is 4.28. The predicted octanol–water partition coefficient (Wildman–Crippen LogP) is 1.88. The lowest BCUT2D eigenvalue weighted by molar-refractivity contribution is 0.634. The Morgan fingerprint density at radius 2 is 2.17 bits per heavy atom. The zero-order valence-corrected chi connectivity index (χ0v) is 7.57. The monoisotopic (exact) mass is 179 g/mol. The van der Waals surface area contributed by atoms with Gasteiger partial charge in [0.1, 0.15) is 5.52 Å². The van der Waals surface area contributed by atoms with Gasteiger partial charge in [0.05, 0.1) is 10.9 Å². The summed E-state index contributed by atoms with van der Waals surface area (Å²) in [5, 5.41) is 8.06. The van der Waals surface area contributed by atoms with Crippen molar-refractivity contribution in [1.29, 1.82) is 0 Å². The van der Waals surface area contributed by atoms with Gasteiger partial charge in [-0.15, -0.1) is 5.10 Å². The second kappa shape index (κ2) is 2.79. The Morgan fingerprint density at radius 1 is 1.42 bits per heavy atom. The van der Waals surface area contributed by atoms with Crippen molar-refractivity contribution < 1.29 is 0 Å². The first-order chi connectivity index (χ1) is 5.79. The van der Waals surface area contributed by atoms with Crippen LogP contribution in [0.15, 0.2) is 24.3 Å². The maximum Gasteiger partial charge on any atom is 0.113 e. The molecule has 1 unspecified atom stereocenters. The van der Waals surface area contributed by atoms with Gasteiger partial charge >= 0.3 is 0 Å². The van der Waals surface area contributed by atoms with Crippen molar-refractivity contribution in [1.82, 2.24) is 15.0 Å². The Balaban J connectivity index is 2.70. The highest BCUT2D eigenvalue weighted by Crippen LogP contribution is 2.16. The van der Waals surface area contributed by atoms with E-state index in [-0.39, 0.29) is 5.37 Å². The summed E-state index contributed by atoms with van der Waals surface area (Å²) >= 11 is 4.29. The fourth-order valence-electron chi connectivity index (χ4n) is 1.16. The van der Waals surface area contributed by atoms with Crippen LogP contribution >= 0.6 is 12.6 Å². The number of thiol groups is 1.